The molecule has 0 bridgehead atoms. The number of hydroxylamine groups is 1. The van der Waals surface area contributed by atoms with Crippen LogP contribution in [0.15, 0.2) is 24.4 Å². The number of amides is 1. The third kappa shape index (κ3) is 11.7. The van der Waals surface area contributed by atoms with E-state index in [4.69, 9.17) is 9.57 Å². The van der Waals surface area contributed by atoms with Gasteiger partial charge in [-0.2, -0.15) is 18.7 Å². The van der Waals surface area contributed by atoms with Gasteiger partial charge in [-0.1, -0.05) is 47.0 Å². The third-order valence-corrected chi connectivity index (χ3v) is 8.51. The van der Waals surface area contributed by atoms with Crippen molar-refractivity contribution in [2.24, 2.45) is 11.8 Å². The van der Waals surface area contributed by atoms with Crippen LogP contribution in [-0.4, -0.2) is 67.2 Å². The molecule has 254 valence electrons. The lowest BCUT2D eigenvalue weighted by Crippen LogP contribution is -2.43. The van der Waals surface area contributed by atoms with Crippen molar-refractivity contribution in [2.45, 2.75) is 97.8 Å². The average molecular weight is 639 g/mol. The number of anilines is 2. The van der Waals surface area contributed by atoms with E-state index in [2.05, 4.69) is 51.9 Å². The molecule has 1 aliphatic carbocycles. The molecule has 1 aromatic heterocycles. The predicted molar refractivity (Wildman–Crippen MR) is 173 cm³/mol. The van der Waals surface area contributed by atoms with Gasteiger partial charge in [-0.15, -0.1) is 0 Å². The van der Waals surface area contributed by atoms with Crippen LogP contribution in [0.1, 0.15) is 94.3 Å². The number of nitrogens with zero attached hydrogens (tertiary/aromatic N) is 3. The summed E-state index contributed by atoms with van der Waals surface area (Å²) in [5, 5.41) is 5.87. The summed E-state index contributed by atoms with van der Waals surface area (Å²) in [6, 6.07) is 5.52. The van der Waals surface area contributed by atoms with E-state index in [-0.39, 0.29) is 23.6 Å². The normalized spacial score (nSPS) is 19.7. The van der Waals surface area contributed by atoms with Gasteiger partial charge in [-0.05, 0) is 82.8 Å². The highest BCUT2D eigenvalue weighted by molar-refractivity contribution is 5.95. The summed E-state index contributed by atoms with van der Waals surface area (Å²) < 4.78 is 44.0. The standard InChI is InChI=1S/C20H24F3N5O2.C11H23NO.C2H6/c1-12-15(20(21,22)23)11-24-19(25-12)27-16-5-4-13(10-17(16)30-3)18(29)26-14-6-8-28(2)9-7-14;1-4-9(2)10-7-5-6-8-11(10)12-13-3;1-2/h4-5,10-11,14H,6-9H2,1-3H3,(H,26,29)(H,24,25,27);9-12H,4-8H2,1-3H3;1-2H3/t;9?,10?,11-;/m.0./s1. The second-order valence-electron chi connectivity index (χ2n) is 11.5. The molecule has 45 heavy (non-hydrogen) atoms. The number of hydrogen-bond acceptors (Lipinski definition) is 8. The Balaban J connectivity index is 0.000000393. The van der Waals surface area contributed by atoms with Gasteiger partial charge in [0.25, 0.3) is 5.91 Å². The molecule has 2 aromatic rings. The van der Waals surface area contributed by atoms with Crippen molar-refractivity contribution in [3.8, 4) is 5.75 Å². The first-order valence-electron chi connectivity index (χ1n) is 16.1. The summed E-state index contributed by atoms with van der Waals surface area (Å²) >= 11 is 0. The van der Waals surface area contributed by atoms with E-state index < -0.39 is 11.7 Å². The van der Waals surface area contributed by atoms with Crippen LogP contribution in [0, 0.1) is 18.8 Å². The lowest BCUT2D eigenvalue weighted by atomic mass is 9.76. The Morgan fingerprint density at radius 3 is 2.36 bits per heavy atom. The lowest BCUT2D eigenvalue weighted by Gasteiger charge is -2.35. The molecule has 0 spiro atoms. The first-order chi connectivity index (χ1) is 21.5. The van der Waals surface area contributed by atoms with E-state index >= 15 is 0 Å². The number of ether oxygens (including phenoxy) is 1. The fraction of sp³-hybridized carbons (Fsp3) is 0.667. The highest BCUT2D eigenvalue weighted by Gasteiger charge is 2.34. The molecule has 2 unspecified atom stereocenters. The molecule has 4 rings (SSSR count). The monoisotopic (exact) mass is 638 g/mol. The highest BCUT2D eigenvalue weighted by Crippen LogP contribution is 2.33. The Morgan fingerprint density at radius 1 is 1.11 bits per heavy atom. The molecule has 1 saturated carbocycles. The molecule has 1 saturated heterocycles. The van der Waals surface area contributed by atoms with E-state index in [0.29, 0.717) is 23.0 Å². The van der Waals surface area contributed by atoms with Crippen molar-refractivity contribution in [1.29, 1.82) is 0 Å². The van der Waals surface area contributed by atoms with Crippen LogP contribution in [0.3, 0.4) is 0 Å². The fourth-order valence-electron chi connectivity index (χ4n) is 5.72. The van der Waals surface area contributed by atoms with Crippen molar-refractivity contribution in [3.05, 3.63) is 41.2 Å². The van der Waals surface area contributed by atoms with Crippen LogP contribution in [0.4, 0.5) is 24.8 Å². The van der Waals surface area contributed by atoms with Crippen LogP contribution in [0.25, 0.3) is 0 Å². The van der Waals surface area contributed by atoms with Crippen LogP contribution < -0.4 is 20.9 Å². The summed E-state index contributed by atoms with van der Waals surface area (Å²) in [5.74, 6) is 1.80. The number of piperidine rings is 1. The van der Waals surface area contributed by atoms with Gasteiger partial charge in [-0.3, -0.25) is 4.79 Å². The van der Waals surface area contributed by atoms with Gasteiger partial charge >= 0.3 is 6.18 Å². The van der Waals surface area contributed by atoms with Crippen molar-refractivity contribution >= 4 is 17.5 Å². The van der Waals surface area contributed by atoms with E-state index in [1.165, 1.54) is 46.1 Å². The Morgan fingerprint density at radius 2 is 1.78 bits per heavy atom. The Labute approximate surface area is 267 Å². The zero-order valence-electron chi connectivity index (χ0n) is 28.2. The summed E-state index contributed by atoms with van der Waals surface area (Å²) in [4.78, 5) is 27.5. The maximum absolute atomic E-state index is 12.9. The molecule has 2 heterocycles. The average Bonchev–Trinajstić information content (AvgIpc) is 3.03. The van der Waals surface area contributed by atoms with Gasteiger partial charge in [0.2, 0.25) is 5.95 Å². The molecule has 1 aliphatic heterocycles. The number of carbonyl (C=O) groups excluding carboxylic acids is 1. The molecule has 9 nitrogen and oxygen atoms in total. The zero-order chi connectivity index (χ0) is 33.6. The number of rotatable bonds is 9. The molecule has 12 heteroatoms. The summed E-state index contributed by atoms with van der Waals surface area (Å²) in [6.45, 7) is 11.8. The first-order valence-corrected chi connectivity index (χ1v) is 16.1. The van der Waals surface area contributed by atoms with Crippen LogP contribution in [-0.2, 0) is 11.0 Å². The third-order valence-electron chi connectivity index (χ3n) is 8.51. The second-order valence-corrected chi connectivity index (χ2v) is 11.5. The van der Waals surface area contributed by atoms with Crippen molar-refractivity contribution in [2.75, 3.05) is 39.7 Å². The van der Waals surface area contributed by atoms with Gasteiger partial charge in [-0.25, -0.2) is 9.97 Å². The number of nitrogens with one attached hydrogen (secondary N) is 3. The van der Waals surface area contributed by atoms with Gasteiger partial charge in [0.15, 0.2) is 0 Å². The maximum atomic E-state index is 12.9. The SMILES string of the molecule is CC.CCC(C)C1CCCC[C@@H]1NOC.COc1cc(C(=O)NC2CCN(C)CC2)ccc1Nc1ncc(C(F)(F)F)c(C)n1. The molecular formula is C33H53F3N6O3. The largest absolute Gasteiger partial charge is 0.495 e. The quantitative estimate of drug-likeness (QED) is 0.249. The number of methoxy groups -OCH3 is 1. The molecule has 2 fully saturated rings. The molecule has 1 aromatic carbocycles. The minimum absolute atomic E-state index is 0.00215. The van der Waals surface area contributed by atoms with E-state index in [1.807, 2.05) is 13.8 Å². The Bertz CT molecular complexity index is 1170. The van der Waals surface area contributed by atoms with Crippen molar-refractivity contribution in [3.63, 3.8) is 0 Å². The Kier molecular flexibility index (Phi) is 16.0. The summed E-state index contributed by atoms with van der Waals surface area (Å²) in [5.41, 5.74) is 2.94. The number of aryl methyl sites for hydroxylation is 1. The van der Waals surface area contributed by atoms with Crippen LogP contribution in [0.2, 0.25) is 0 Å². The number of benzene rings is 1. The van der Waals surface area contributed by atoms with Crippen molar-refractivity contribution < 1.29 is 27.5 Å². The minimum Gasteiger partial charge on any atom is -0.495 e. The van der Waals surface area contributed by atoms with Gasteiger partial charge < -0.3 is 25.1 Å². The Hall–Kier alpha value is -2.96. The van der Waals surface area contributed by atoms with Gasteiger partial charge in [0, 0.05) is 23.8 Å². The van der Waals surface area contributed by atoms with Crippen LogP contribution in [0.5, 0.6) is 5.75 Å². The smallest absolute Gasteiger partial charge is 0.419 e. The zero-order valence-corrected chi connectivity index (χ0v) is 28.2. The molecule has 2 aliphatic rings. The number of carbonyl (C=O) groups is 1. The summed E-state index contributed by atoms with van der Waals surface area (Å²) in [7, 11) is 5.22. The molecule has 0 radical (unpaired) electrons. The van der Waals surface area contributed by atoms with Gasteiger partial charge in [0.05, 0.1) is 31.2 Å². The number of aromatic nitrogens is 2. The molecule has 3 atom stereocenters. The number of hydrogen-bond donors (Lipinski definition) is 3. The van der Waals surface area contributed by atoms with E-state index in [0.717, 1.165) is 44.0 Å². The topological polar surface area (TPSA) is 101 Å². The molecule has 3 N–H and O–H groups in total. The number of likely N-dealkylation sites (tertiary alicyclic amines) is 1. The predicted octanol–water partition coefficient (Wildman–Crippen LogP) is 7.15. The van der Waals surface area contributed by atoms with Crippen molar-refractivity contribution in [1.82, 2.24) is 25.7 Å². The highest BCUT2D eigenvalue weighted by atomic mass is 19.4. The molecular weight excluding hydrogens is 585 g/mol. The van der Waals surface area contributed by atoms with Gasteiger partial charge in [0.1, 0.15) is 5.75 Å². The maximum Gasteiger partial charge on any atom is 0.419 e. The second kappa shape index (κ2) is 18.9. The molecule has 1 amide bonds. The number of halogens is 3. The van der Waals surface area contributed by atoms with E-state index in [1.54, 1.807) is 25.3 Å². The minimum atomic E-state index is -4.51. The lowest BCUT2D eigenvalue weighted by molar-refractivity contribution is -0.138. The summed E-state index contributed by atoms with van der Waals surface area (Å²) in [6.07, 6.45) is 4.70. The first kappa shape index (κ1) is 38.2. The van der Waals surface area contributed by atoms with E-state index in [9.17, 15) is 18.0 Å². The fourth-order valence-corrected chi connectivity index (χ4v) is 5.72. The van der Waals surface area contributed by atoms with Crippen LogP contribution >= 0.6 is 0 Å². The number of alkyl halides is 3.